The monoisotopic (exact) mass is 414 g/mol. The Morgan fingerprint density at radius 3 is 1.50 bits per heavy atom. The van der Waals surface area contributed by atoms with Crippen molar-refractivity contribution in [1.82, 2.24) is 0 Å². The molecule has 8 heteroatoms. The first-order valence-electron chi connectivity index (χ1n) is 7.58. The zero-order chi connectivity index (χ0) is 17.9. The molecule has 0 aromatic heterocycles. The number of rotatable bonds is 11. The molecule has 0 aliphatic carbocycles. The van der Waals surface area contributed by atoms with Crippen molar-refractivity contribution in [3.05, 3.63) is 23.8 Å². The van der Waals surface area contributed by atoms with E-state index < -0.39 is 5.97 Å². The number of esters is 1. The highest BCUT2D eigenvalue weighted by molar-refractivity contribution is 6.19. The van der Waals surface area contributed by atoms with E-state index in [9.17, 15) is 4.79 Å². The first-order valence-corrected chi connectivity index (χ1v) is 9.72. The molecule has 0 radical (unpaired) electrons. The van der Waals surface area contributed by atoms with Gasteiger partial charge in [0, 0.05) is 61.1 Å². The van der Waals surface area contributed by atoms with Crippen molar-refractivity contribution in [1.29, 1.82) is 0 Å². The van der Waals surface area contributed by atoms with E-state index in [2.05, 4.69) is 0 Å². The summed E-state index contributed by atoms with van der Waals surface area (Å²) in [4.78, 5) is 16.1. The van der Waals surface area contributed by atoms with E-state index >= 15 is 0 Å². The van der Waals surface area contributed by atoms with Gasteiger partial charge in [0.15, 0.2) is 0 Å². The first-order chi connectivity index (χ1) is 11.6. The molecular formula is C16H22Cl4N2O2. The van der Waals surface area contributed by atoms with Crippen LogP contribution in [0.1, 0.15) is 10.4 Å². The summed E-state index contributed by atoms with van der Waals surface area (Å²) in [7, 11) is 1.36. The molecule has 1 aromatic carbocycles. The topological polar surface area (TPSA) is 32.8 Å². The Bertz CT molecular complexity index is 471. The van der Waals surface area contributed by atoms with E-state index in [-0.39, 0.29) is 0 Å². The van der Waals surface area contributed by atoms with Crippen molar-refractivity contribution < 1.29 is 9.53 Å². The van der Waals surface area contributed by atoms with Gasteiger partial charge in [0.05, 0.1) is 12.7 Å². The smallest absolute Gasteiger partial charge is 0.337 e. The zero-order valence-electron chi connectivity index (χ0n) is 13.6. The van der Waals surface area contributed by atoms with Gasteiger partial charge in [0.25, 0.3) is 0 Å². The van der Waals surface area contributed by atoms with Crippen molar-refractivity contribution in [2.45, 2.75) is 0 Å². The number of carbonyl (C=O) groups excluding carboxylic acids is 1. The van der Waals surface area contributed by atoms with Gasteiger partial charge in [0.1, 0.15) is 0 Å². The van der Waals surface area contributed by atoms with E-state index in [0.29, 0.717) is 55.3 Å². The van der Waals surface area contributed by atoms with Crippen LogP contribution in [0.2, 0.25) is 0 Å². The molecule has 0 atom stereocenters. The Balaban J connectivity index is 3.30. The maximum absolute atomic E-state index is 12.0. The Morgan fingerprint density at radius 1 is 0.833 bits per heavy atom. The summed E-state index contributed by atoms with van der Waals surface area (Å²) in [5.41, 5.74) is 2.19. The summed E-state index contributed by atoms with van der Waals surface area (Å²) in [5, 5.41) is 0. The van der Waals surface area contributed by atoms with Crippen LogP contribution < -0.4 is 9.80 Å². The van der Waals surface area contributed by atoms with E-state index in [4.69, 9.17) is 51.1 Å². The van der Waals surface area contributed by atoms with Gasteiger partial charge >= 0.3 is 5.97 Å². The van der Waals surface area contributed by atoms with Crippen molar-refractivity contribution in [3.8, 4) is 0 Å². The predicted octanol–water partition coefficient (Wildman–Crippen LogP) is 4.04. The van der Waals surface area contributed by atoms with Crippen LogP contribution >= 0.6 is 46.4 Å². The van der Waals surface area contributed by atoms with Crippen molar-refractivity contribution in [2.24, 2.45) is 0 Å². The van der Waals surface area contributed by atoms with E-state index in [1.54, 1.807) is 12.1 Å². The van der Waals surface area contributed by atoms with Gasteiger partial charge in [-0.25, -0.2) is 4.79 Å². The molecule has 0 saturated heterocycles. The number of benzene rings is 1. The number of alkyl halides is 4. The number of hydrogen-bond donors (Lipinski definition) is 0. The largest absolute Gasteiger partial charge is 0.465 e. The number of nitrogens with zero attached hydrogens (tertiary/aromatic N) is 2. The van der Waals surface area contributed by atoms with Gasteiger partial charge in [-0.3, -0.25) is 0 Å². The second-order valence-corrected chi connectivity index (χ2v) is 6.47. The quantitative estimate of drug-likeness (QED) is 0.403. The molecule has 0 unspecified atom stereocenters. The lowest BCUT2D eigenvalue weighted by atomic mass is 10.1. The number of halogens is 4. The molecule has 0 N–H and O–H groups in total. The Labute approximate surface area is 163 Å². The molecule has 0 fully saturated rings. The summed E-state index contributed by atoms with van der Waals surface area (Å²) in [6.45, 7) is 2.51. The minimum Gasteiger partial charge on any atom is -0.465 e. The summed E-state index contributed by atoms with van der Waals surface area (Å²) in [5.74, 6) is 1.44. The molecular weight excluding hydrogens is 394 g/mol. The SMILES string of the molecule is COC(=O)c1cc(N(CCCl)CCCl)cc(N(CCCl)CCCl)c1. The second-order valence-electron chi connectivity index (χ2n) is 4.96. The fraction of sp³-hybridized carbons (Fsp3) is 0.562. The molecule has 0 aliphatic rings. The molecule has 136 valence electrons. The molecule has 1 rings (SSSR count). The number of anilines is 2. The Kier molecular flexibility index (Phi) is 10.7. The lowest BCUT2D eigenvalue weighted by Crippen LogP contribution is -2.30. The third kappa shape index (κ3) is 6.40. The zero-order valence-corrected chi connectivity index (χ0v) is 16.6. The van der Waals surface area contributed by atoms with Crippen LogP contribution in [0.15, 0.2) is 18.2 Å². The minimum absolute atomic E-state index is 0.397. The van der Waals surface area contributed by atoms with Crippen LogP contribution in [0.3, 0.4) is 0 Å². The molecule has 0 aliphatic heterocycles. The predicted molar refractivity (Wildman–Crippen MR) is 105 cm³/mol. The lowest BCUT2D eigenvalue weighted by molar-refractivity contribution is 0.0601. The van der Waals surface area contributed by atoms with Crippen molar-refractivity contribution >= 4 is 63.7 Å². The van der Waals surface area contributed by atoms with Crippen LogP contribution in [0, 0.1) is 0 Å². The van der Waals surface area contributed by atoms with E-state index in [1.165, 1.54) is 7.11 Å². The summed E-state index contributed by atoms with van der Waals surface area (Å²) >= 11 is 23.6. The highest BCUT2D eigenvalue weighted by atomic mass is 35.5. The molecule has 4 nitrogen and oxygen atoms in total. The molecule has 0 bridgehead atoms. The molecule has 0 spiro atoms. The summed E-state index contributed by atoms with van der Waals surface area (Å²) < 4.78 is 4.87. The fourth-order valence-electron chi connectivity index (χ4n) is 2.34. The van der Waals surface area contributed by atoms with Gasteiger partial charge in [-0.1, -0.05) is 0 Å². The minimum atomic E-state index is -0.397. The normalized spacial score (nSPS) is 10.5. The Hall–Kier alpha value is -0.550. The maximum atomic E-state index is 12.0. The van der Waals surface area contributed by atoms with E-state index in [1.807, 2.05) is 15.9 Å². The first kappa shape index (κ1) is 21.5. The summed E-state index contributed by atoms with van der Waals surface area (Å²) in [6.07, 6.45) is 0. The molecule has 0 heterocycles. The maximum Gasteiger partial charge on any atom is 0.337 e. The standard InChI is InChI=1S/C16H22Cl4N2O2/c1-24-16(23)13-10-14(21(6-2-17)7-3-18)12-15(11-13)22(8-4-19)9-5-20/h10-12H,2-9H2,1H3. The van der Waals surface area contributed by atoms with Gasteiger partial charge in [-0.15, -0.1) is 46.4 Å². The van der Waals surface area contributed by atoms with Crippen molar-refractivity contribution in [3.63, 3.8) is 0 Å². The molecule has 24 heavy (non-hydrogen) atoms. The van der Waals surface area contributed by atoms with Crippen LogP contribution in [-0.4, -0.2) is 62.8 Å². The number of carbonyl (C=O) groups is 1. The summed E-state index contributed by atoms with van der Waals surface area (Å²) in [6, 6.07) is 5.56. The van der Waals surface area contributed by atoms with Gasteiger partial charge in [-0.05, 0) is 18.2 Å². The average molecular weight is 416 g/mol. The van der Waals surface area contributed by atoms with Gasteiger partial charge < -0.3 is 14.5 Å². The van der Waals surface area contributed by atoms with Crippen LogP contribution in [0.4, 0.5) is 11.4 Å². The molecule has 0 amide bonds. The molecule has 1 aromatic rings. The fourth-order valence-corrected chi connectivity index (χ4v) is 3.16. The van der Waals surface area contributed by atoms with Gasteiger partial charge in [-0.2, -0.15) is 0 Å². The second kappa shape index (κ2) is 11.9. The average Bonchev–Trinajstić information content (AvgIpc) is 2.60. The Morgan fingerprint density at radius 2 is 1.21 bits per heavy atom. The van der Waals surface area contributed by atoms with Gasteiger partial charge in [0.2, 0.25) is 0 Å². The highest BCUT2D eigenvalue weighted by Crippen LogP contribution is 2.26. The molecule has 0 saturated carbocycles. The van der Waals surface area contributed by atoms with E-state index in [0.717, 1.165) is 11.4 Å². The number of hydrogen-bond acceptors (Lipinski definition) is 4. The third-order valence-electron chi connectivity index (χ3n) is 3.47. The number of ether oxygens (including phenoxy) is 1. The highest BCUT2D eigenvalue weighted by Gasteiger charge is 2.16. The lowest BCUT2D eigenvalue weighted by Gasteiger charge is -2.28. The van der Waals surface area contributed by atoms with Crippen LogP contribution in [0.5, 0.6) is 0 Å². The van der Waals surface area contributed by atoms with Crippen LogP contribution in [0.25, 0.3) is 0 Å². The third-order valence-corrected chi connectivity index (χ3v) is 4.15. The van der Waals surface area contributed by atoms with Crippen molar-refractivity contribution in [2.75, 3.05) is 66.6 Å². The number of methoxy groups -OCH3 is 1. The van der Waals surface area contributed by atoms with Crippen LogP contribution in [-0.2, 0) is 4.74 Å².